The Morgan fingerprint density at radius 3 is 2.58 bits per heavy atom. The fourth-order valence-electron chi connectivity index (χ4n) is 1.47. The highest BCUT2D eigenvalue weighted by molar-refractivity contribution is 6.36. The van der Waals surface area contributed by atoms with Crippen molar-refractivity contribution in [3.05, 3.63) is 46.6 Å². The second-order valence-corrected chi connectivity index (χ2v) is 4.71. The lowest BCUT2D eigenvalue weighted by Crippen LogP contribution is -2.06. The molecule has 19 heavy (non-hydrogen) atoms. The van der Waals surface area contributed by atoms with Gasteiger partial charge in [-0.25, -0.2) is 4.98 Å². The molecule has 0 aliphatic heterocycles. The maximum Gasteiger partial charge on any atom is 0.221 e. The van der Waals surface area contributed by atoms with Gasteiger partial charge in [-0.3, -0.25) is 4.79 Å². The number of nitrogens with zero attached hydrogens (tertiary/aromatic N) is 1. The number of halogens is 2. The van der Waals surface area contributed by atoms with E-state index in [1.807, 2.05) is 0 Å². The summed E-state index contributed by atoms with van der Waals surface area (Å²) < 4.78 is 0. The third kappa shape index (κ3) is 3.84. The molecule has 0 spiro atoms. The van der Waals surface area contributed by atoms with Gasteiger partial charge >= 0.3 is 0 Å². The molecule has 4 nitrogen and oxygen atoms in total. The van der Waals surface area contributed by atoms with Gasteiger partial charge in [0, 0.05) is 11.9 Å². The van der Waals surface area contributed by atoms with Crippen LogP contribution in [0, 0.1) is 0 Å². The molecule has 0 fully saturated rings. The van der Waals surface area contributed by atoms with Crippen molar-refractivity contribution in [1.82, 2.24) is 4.98 Å². The van der Waals surface area contributed by atoms with Gasteiger partial charge in [0.1, 0.15) is 5.82 Å². The Morgan fingerprint density at radius 1 is 1.21 bits per heavy atom. The highest BCUT2D eigenvalue weighted by Crippen LogP contribution is 2.27. The number of benzene rings is 1. The van der Waals surface area contributed by atoms with Gasteiger partial charge < -0.3 is 10.6 Å². The van der Waals surface area contributed by atoms with Crippen molar-refractivity contribution >= 4 is 46.3 Å². The predicted octanol–water partition coefficient (Wildman–Crippen LogP) is 4.09. The molecule has 98 valence electrons. The Morgan fingerprint density at radius 2 is 2.00 bits per heavy atom. The second kappa shape index (κ2) is 5.91. The molecule has 1 aromatic heterocycles. The van der Waals surface area contributed by atoms with E-state index in [0.29, 0.717) is 27.2 Å². The Labute approximate surface area is 120 Å². The normalized spacial score (nSPS) is 10.1. The number of hydrogen-bond donors (Lipinski definition) is 2. The quantitative estimate of drug-likeness (QED) is 0.897. The zero-order valence-corrected chi connectivity index (χ0v) is 11.6. The molecule has 6 heteroatoms. The zero-order chi connectivity index (χ0) is 13.8. The van der Waals surface area contributed by atoms with Gasteiger partial charge in [0.2, 0.25) is 5.91 Å². The predicted molar refractivity (Wildman–Crippen MR) is 78.3 cm³/mol. The summed E-state index contributed by atoms with van der Waals surface area (Å²) >= 11 is 11.9. The Kier molecular flexibility index (Phi) is 4.24. The number of rotatable bonds is 3. The van der Waals surface area contributed by atoms with Gasteiger partial charge in [-0.1, -0.05) is 23.2 Å². The van der Waals surface area contributed by atoms with E-state index in [1.54, 1.807) is 36.5 Å². The summed E-state index contributed by atoms with van der Waals surface area (Å²) in [4.78, 5) is 15.1. The maximum absolute atomic E-state index is 10.9. The van der Waals surface area contributed by atoms with E-state index in [4.69, 9.17) is 23.2 Å². The number of carbonyl (C=O) groups excluding carboxylic acids is 1. The van der Waals surface area contributed by atoms with Gasteiger partial charge in [0.15, 0.2) is 0 Å². The third-order valence-corrected chi connectivity index (χ3v) is 2.83. The average Bonchev–Trinajstić information content (AvgIpc) is 2.34. The van der Waals surface area contributed by atoms with Crippen LogP contribution >= 0.6 is 23.2 Å². The van der Waals surface area contributed by atoms with E-state index < -0.39 is 0 Å². The molecular weight excluding hydrogens is 285 g/mol. The highest BCUT2D eigenvalue weighted by atomic mass is 35.5. The lowest BCUT2D eigenvalue weighted by atomic mass is 10.3. The zero-order valence-electron chi connectivity index (χ0n) is 10.1. The standard InChI is InChI=1S/C13H11Cl2N3O/c1-8(19)17-10-3-5-13(16-7-10)18-12-4-2-9(14)6-11(12)15/h2-7H,1H3,(H,16,18)(H,17,19). The molecule has 0 saturated heterocycles. The minimum Gasteiger partial charge on any atom is -0.339 e. The number of aromatic nitrogens is 1. The number of carbonyl (C=O) groups is 1. The van der Waals surface area contributed by atoms with Crippen molar-refractivity contribution in [1.29, 1.82) is 0 Å². The summed E-state index contributed by atoms with van der Waals surface area (Å²) in [6.45, 7) is 1.44. The lowest BCUT2D eigenvalue weighted by molar-refractivity contribution is -0.114. The van der Waals surface area contributed by atoms with E-state index in [-0.39, 0.29) is 5.91 Å². The Hall–Kier alpha value is -1.78. The molecule has 1 aromatic carbocycles. The van der Waals surface area contributed by atoms with Crippen LogP contribution in [0.15, 0.2) is 36.5 Å². The van der Waals surface area contributed by atoms with Crippen molar-refractivity contribution in [3.63, 3.8) is 0 Å². The molecule has 1 amide bonds. The van der Waals surface area contributed by atoms with Crippen molar-refractivity contribution < 1.29 is 4.79 Å². The van der Waals surface area contributed by atoms with Crippen molar-refractivity contribution in [3.8, 4) is 0 Å². The van der Waals surface area contributed by atoms with Gasteiger partial charge in [-0.2, -0.15) is 0 Å². The summed E-state index contributed by atoms with van der Waals surface area (Å²) in [5.41, 5.74) is 1.35. The van der Waals surface area contributed by atoms with Crippen molar-refractivity contribution in [2.75, 3.05) is 10.6 Å². The molecule has 1 heterocycles. The van der Waals surface area contributed by atoms with Crippen LogP contribution in [0.2, 0.25) is 10.0 Å². The summed E-state index contributed by atoms with van der Waals surface area (Å²) in [6.07, 6.45) is 1.56. The SMILES string of the molecule is CC(=O)Nc1ccc(Nc2ccc(Cl)cc2Cl)nc1. The van der Waals surface area contributed by atoms with Crippen molar-refractivity contribution in [2.24, 2.45) is 0 Å². The second-order valence-electron chi connectivity index (χ2n) is 3.86. The summed E-state index contributed by atoms with van der Waals surface area (Å²) in [5.74, 6) is 0.488. The lowest BCUT2D eigenvalue weighted by Gasteiger charge is -2.08. The maximum atomic E-state index is 10.9. The smallest absolute Gasteiger partial charge is 0.221 e. The number of anilines is 3. The largest absolute Gasteiger partial charge is 0.339 e. The van der Waals surface area contributed by atoms with Crippen LogP contribution in [0.25, 0.3) is 0 Å². The first-order chi connectivity index (χ1) is 9.04. The van der Waals surface area contributed by atoms with Crippen molar-refractivity contribution in [2.45, 2.75) is 6.92 Å². The monoisotopic (exact) mass is 295 g/mol. The van der Waals surface area contributed by atoms with E-state index in [9.17, 15) is 4.79 Å². The van der Waals surface area contributed by atoms with Crippen LogP contribution < -0.4 is 10.6 Å². The van der Waals surface area contributed by atoms with Gasteiger partial charge in [-0.15, -0.1) is 0 Å². The number of amides is 1. The van der Waals surface area contributed by atoms with Crippen LogP contribution in [-0.4, -0.2) is 10.9 Å². The van der Waals surface area contributed by atoms with Crippen LogP contribution in [-0.2, 0) is 4.79 Å². The molecule has 0 atom stereocenters. The fraction of sp³-hybridized carbons (Fsp3) is 0.0769. The Balaban J connectivity index is 2.13. The van der Waals surface area contributed by atoms with Crippen LogP contribution in [0.5, 0.6) is 0 Å². The summed E-state index contributed by atoms with van der Waals surface area (Å²) in [5, 5.41) is 6.80. The number of nitrogens with one attached hydrogen (secondary N) is 2. The first-order valence-corrected chi connectivity index (χ1v) is 6.26. The fourth-order valence-corrected chi connectivity index (χ4v) is 1.93. The first kappa shape index (κ1) is 13.6. The van der Waals surface area contributed by atoms with Gasteiger partial charge in [0.25, 0.3) is 0 Å². The first-order valence-electron chi connectivity index (χ1n) is 5.50. The summed E-state index contributed by atoms with van der Waals surface area (Å²) in [7, 11) is 0. The average molecular weight is 296 g/mol. The number of hydrogen-bond acceptors (Lipinski definition) is 3. The molecule has 0 aliphatic rings. The van der Waals surface area contributed by atoms with Gasteiger partial charge in [0.05, 0.1) is 22.6 Å². The molecule has 2 rings (SSSR count). The molecular formula is C13H11Cl2N3O. The minimum absolute atomic E-state index is 0.136. The molecule has 0 unspecified atom stereocenters. The molecule has 0 bridgehead atoms. The molecule has 0 aliphatic carbocycles. The van der Waals surface area contributed by atoms with Crippen LogP contribution in [0.1, 0.15) is 6.92 Å². The molecule has 2 aromatic rings. The van der Waals surface area contributed by atoms with Gasteiger partial charge in [-0.05, 0) is 30.3 Å². The topological polar surface area (TPSA) is 54.0 Å². The molecule has 2 N–H and O–H groups in total. The van der Waals surface area contributed by atoms with E-state index >= 15 is 0 Å². The van der Waals surface area contributed by atoms with E-state index in [2.05, 4.69) is 15.6 Å². The summed E-state index contributed by atoms with van der Waals surface area (Å²) in [6, 6.07) is 8.66. The van der Waals surface area contributed by atoms with E-state index in [0.717, 1.165) is 0 Å². The van der Waals surface area contributed by atoms with Crippen LogP contribution in [0.3, 0.4) is 0 Å². The number of pyridine rings is 1. The highest BCUT2D eigenvalue weighted by Gasteiger charge is 2.03. The minimum atomic E-state index is -0.136. The third-order valence-electron chi connectivity index (χ3n) is 2.28. The Bertz CT molecular complexity index is 599. The molecule has 0 radical (unpaired) electrons. The molecule has 0 saturated carbocycles. The van der Waals surface area contributed by atoms with Crippen LogP contribution in [0.4, 0.5) is 17.2 Å². The van der Waals surface area contributed by atoms with E-state index in [1.165, 1.54) is 6.92 Å².